The zero-order valence-electron chi connectivity index (χ0n) is 7.53. The topological polar surface area (TPSA) is 17.1 Å². The summed E-state index contributed by atoms with van der Waals surface area (Å²) in [6.07, 6.45) is 7.23. The first-order valence-corrected chi connectivity index (χ1v) is 4.05. The molecule has 14 heavy (non-hydrogen) atoms. The highest BCUT2D eigenvalue weighted by atomic mass is 16.1. The number of carbonyl (C=O) groups excluding carboxylic acids is 1. The van der Waals surface area contributed by atoms with Gasteiger partial charge < -0.3 is 0 Å². The fourth-order valence-electron chi connectivity index (χ4n) is 0.972. The van der Waals surface area contributed by atoms with E-state index in [0.29, 0.717) is 5.57 Å². The number of terminal acetylenes is 1. The van der Waals surface area contributed by atoms with Crippen LogP contribution in [0.25, 0.3) is 5.57 Å². The maximum Gasteiger partial charge on any atom is 0.151 e. The van der Waals surface area contributed by atoms with Gasteiger partial charge in [-0.15, -0.1) is 6.42 Å². The van der Waals surface area contributed by atoms with Crippen LogP contribution in [0.4, 0.5) is 0 Å². The minimum Gasteiger partial charge on any atom is -0.298 e. The lowest BCUT2D eigenvalue weighted by Crippen LogP contribution is -1.83. The molecular weight excluding hydrogens is 172 g/mol. The van der Waals surface area contributed by atoms with E-state index in [9.17, 15) is 4.79 Å². The average Bonchev–Trinajstić information content (AvgIpc) is 2.26. The van der Waals surface area contributed by atoms with Crippen LogP contribution in [-0.4, -0.2) is 6.29 Å². The summed E-state index contributed by atoms with van der Waals surface area (Å²) in [6.45, 7) is 0. The third-order valence-corrected chi connectivity index (χ3v) is 1.61. The van der Waals surface area contributed by atoms with Crippen LogP contribution in [0.1, 0.15) is 5.56 Å². The van der Waals surface area contributed by atoms with Gasteiger partial charge >= 0.3 is 0 Å². The maximum atomic E-state index is 10.7. The van der Waals surface area contributed by atoms with Crippen molar-refractivity contribution in [2.75, 3.05) is 0 Å². The predicted molar refractivity (Wildman–Crippen MR) is 57.1 cm³/mol. The number of hydrogen-bond acceptors (Lipinski definition) is 1. The van der Waals surface area contributed by atoms with Crippen molar-refractivity contribution in [2.45, 2.75) is 0 Å². The summed E-state index contributed by atoms with van der Waals surface area (Å²) in [5, 5.41) is 0. The standard InChI is InChI=1S/C13H8O/c1-2-3-5-10-13(11-14)12-8-6-4-7-9-12/h1,4,6-11H. The minimum atomic E-state index is 0.536. The molecule has 1 nitrogen and oxygen atoms in total. The summed E-state index contributed by atoms with van der Waals surface area (Å²) in [6, 6.07) is 9.30. The SMILES string of the molecule is C#CC#CC=C(C=O)c1ccccc1. The molecule has 1 heteroatoms. The van der Waals surface area contributed by atoms with E-state index < -0.39 is 0 Å². The average molecular weight is 180 g/mol. The van der Waals surface area contributed by atoms with Gasteiger partial charge in [0.05, 0.1) is 0 Å². The molecule has 0 aromatic heterocycles. The van der Waals surface area contributed by atoms with Crippen molar-refractivity contribution >= 4 is 11.9 Å². The number of allylic oxidation sites excluding steroid dienone is 2. The summed E-state index contributed by atoms with van der Waals surface area (Å²) in [4.78, 5) is 10.7. The lowest BCUT2D eigenvalue weighted by atomic mass is 10.1. The Hall–Kier alpha value is -2.25. The van der Waals surface area contributed by atoms with Gasteiger partial charge in [0.25, 0.3) is 0 Å². The monoisotopic (exact) mass is 180 g/mol. The van der Waals surface area contributed by atoms with Gasteiger partial charge in [-0.05, 0) is 17.4 Å². The third-order valence-electron chi connectivity index (χ3n) is 1.61. The molecule has 0 fully saturated rings. The molecule has 1 aromatic carbocycles. The zero-order chi connectivity index (χ0) is 10.2. The van der Waals surface area contributed by atoms with Gasteiger partial charge in [0, 0.05) is 11.6 Å². The normalized spacial score (nSPS) is 9.50. The Labute approximate surface area is 83.5 Å². The van der Waals surface area contributed by atoms with Gasteiger partial charge in [-0.3, -0.25) is 4.79 Å². The van der Waals surface area contributed by atoms with Crippen molar-refractivity contribution in [3.05, 3.63) is 42.0 Å². The van der Waals surface area contributed by atoms with Gasteiger partial charge in [-0.1, -0.05) is 36.3 Å². The Morgan fingerprint density at radius 3 is 2.57 bits per heavy atom. The highest BCUT2D eigenvalue weighted by Crippen LogP contribution is 2.10. The van der Waals surface area contributed by atoms with E-state index in [4.69, 9.17) is 6.42 Å². The highest BCUT2D eigenvalue weighted by Gasteiger charge is 1.96. The smallest absolute Gasteiger partial charge is 0.151 e. The molecule has 66 valence electrons. The number of carbonyl (C=O) groups is 1. The van der Waals surface area contributed by atoms with E-state index in [-0.39, 0.29) is 0 Å². The molecular formula is C13H8O. The van der Waals surface area contributed by atoms with Crippen LogP contribution in [0.3, 0.4) is 0 Å². The first kappa shape index (κ1) is 9.84. The van der Waals surface area contributed by atoms with Crippen molar-refractivity contribution < 1.29 is 4.79 Å². The van der Waals surface area contributed by atoms with E-state index in [2.05, 4.69) is 17.8 Å². The van der Waals surface area contributed by atoms with Crippen LogP contribution in [0, 0.1) is 24.2 Å². The molecule has 0 aliphatic carbocycles. The second kappa shape index (κ2) is 5.41. The molecule has 0 bridgehead atoms. The maximum absolute atomic E-state index is 10.7. The second-order valence-corrected chi connectivity index (χ2v) is 2.50. The molecule has 0 saturated carbocycles. The van der Waals surface area contributed by atoms with Crippen LogP contribution in [0.2, 0.25) is 0 Å². The number of hydrogen-bond donors (Lipinski definition) is 0. The van der Waals surface area contributed by atoms with Crippen LogP contribution >= 0.6 is 0 Å². The Morgan fingerprint density at radius 1 is 1.29 bits per heavy atom. The number of rotatable bonds is 2. The molecule has 0 N–H and O–H groups in total. The second-order valence-electron chi connectivity index (χ2n) is 2.50. The number of aldehydes is 1. The molecule has 0 atom stereocenters. The molecule has 0 heterocycles. The van der Waals surface area contributed by atoms with Crippen LogP contribution in [-0.2, 0) is 4.79 Å². The van der Waals surface area contributed by atoms with Gasteiger partial charge in [0.2, 0.25) is 0 Å². The fraction of sp³-hybridized carbons (Fsp3) is 0. The molecule has 1 rings (SSSR count). The third kappa shape index (κ3) is 2.66. The minimum absolute atomic E-state index is 0.536. The van der Waals surface area contributed by atoms with Crippen molar-refractivity contribution in [1.82, 2.24) is 0 Å². The van der Waals surface area contributed by atoms with Gasteiger partial charge in [-0.25, -0.2) is 0 Å². The summed E-state index contributed by atoms with van der Waals surface area (Å²) in [5.41, 5.74) is 1.38. The largest absolute Gasteiger partial charge is 0.298 e. The first-order valence-electron chi connectivity index (χ1n) is 4.05. The van der Waals surface area contributed by atoms with E-state index in [1.807, 2.05) is 30.3 Å². The van der Waals surface area contributed by atoms with Crippen LogP contribution in [0.5, 0.6) is 0 Å². The Balaban J connectivity index is 3.00. The van der Waals surface area contributed by atoms with E-state index >= 15 is 0 Å². The highest BCUT2D eigenvalue weighted by molar-refractivity contribution is 6.07. The molecule has 0 aliphatic rings. The van der Waals surface area contributed by atoms with Crippen LogP contribution in [0.15, 0.2) is 36.4 Å². The fourth-order valence-corrected chi connectivity index (χ4v) is 0.972. The quantitative estimate of drug-likeness (QED) is 0.386. The van der Waals surface area contributed by atoms with Gasteiger partial charge in [0.15, 0.2) is 6.29 Å². The Bertz CT molecular complexity index is 436. The lowest BCUT2D eigenvalue weighted by molar-refractivity contribution is -0.103. The first-order chi connectivity index (χ1) is 6.88. The Kier molecular flexibility index (Phi) is 3.80. The molecule has 1 aromatic rings. The molecule has 0 radical (unpaired) electrons. The molecule has 0 aliphatic heterocycles. The van der Waals surface area contributed by atoms with E-state index in [1.54, 1.807) is 0 Å². The van der Waals surface area contributed by atoms with Crippen molar-refractivity contribution in [3.8, 4) is 24.2 Å². The molecule has 0 amide bonds. The van der Waals surface area contributed by atoms with Crippen LogP contribution < -0.4 is 0 Å². The summed E-state index contributed by atoms with van der Waals surface area (Å²) < 4.78 is 0. The summed E-state index contributed by atoms with van der Waals surface area (Å²) in [7, 11) is 0. The molecule has 0 unspecified atom stereocenters. The van der Waals surface area contributed by atoms with Crippen molar-refractivity contribution in [1.29, 1.82) is 0 Å². The summed E-state index contributed by atoms with van der Waals surface area (Å²) in [5.74, 6) is 7.21. The van der Waals surface area contributed by atoms with E-state index in [1.165, 1.54) is 6.08 Å². The lowest BCUT2D eigenvalue weighted by Gasteiger charge is -1.95. The summed E-state index contributed by atoms with van der Waals surface area (Å²) >= 11 is 0. The van der Waals surface area contributed by atoms with Gasteiger partial charge in [-0.2, -0.15) is 0 Å². The molecule has 0 saturated heterocycles. The van der Waals surface area contributed by atoms with Crippen molar-refractivity contribution in [3.63, 3.8) is 0 Å². The predicted octanol–water partition coefficient (Wildman–Crippen LogP) is 1.91. The van der Waals surface area contributed by atoms with E-state index in [0.717, 1.165) is 11.8 Å². The zero-order valence-corrected chi connectivity index (χ0v) is 7.53. The Morgan fingerprint density at radius 2 is 2.00 bits per heavy atom. The molecule has 0 spiro atoms. The van der Waals surface area contributed by atoms with Gasteiger partial charge in [0.1, 0.15) is 0 Å². The van der Waals surface area contributed by atoms with Crippen molar-refractivity contribution in [2.24, 2.45) is 0 Å². The number of benzene rings is 1.